The summed E-state index contributed by atoms with van der Waals surface area (Å²) >= 11 is 0. The van der Waals surface area contributed by atoms with Gasteiger partial charge in [0.25, 0.3) is 0 Å². The van der Waals surface area contributed by atoms with Crippen LogP contribution in [0.25, 0.3) is 0 Å². The van der Waals surface area contributed by atoms with Gasteiger partial charge in [-0.2, -0.15) is 0 Å². The first-order valence-corrected chi connectivity index (χ1v) is 6.84. The molecule has 0 spiro atoms. The molecule has 2 nitrogen and oxygen atoms in total. The number of rotatable bonds is 6. The van der Waals surface area contributed by atoms with Crippen molar-refractivity contribution in [2.24, 2.45) is 0 Å². The lowest BCUT2D eigenvalue weighted by Gasteiger charge is -2.16. The highest BCUT2D eigenvalue weighted by molar-refractivity contribution is 5.35. The van der Waals surface area contributed by atoms with E-state index in [0.717, 1.165) is 36.2 Å². The van der Waals surface area contributed by atoms with Crippen LogP contribution < -0.4 is 5.32 Å². The van der Waals surface area contributed by atoms with E-state index in [1.54, 1.807) is 0 Å². The number of hydrogen-bond acceptors (Lipinski definition) is 2. The second kappa shape index (κ2) is 7.07. The van der Waals surface area contributed by atoms with Gasteiger partial charge in [-0.1, -0.05) is 61.5 Å². The highest BCUT2D eigenvalue weighted by Gasteiger charge is 2.13. The molecule has 0 radical (unpaired) electrons. The highest BCUT2D eigenvalue weighted by Crippen LogP contribution is 2.24. The Balaban J connectivity index is 2.19. The van der Waals surface area contributed by atoms with E-state index in [2.05, 4.69) is 18.3 Å². The minimum absolute atomic E-state index is 0.555. The average Bonchev–Trinajstić information content (AvgIpc) is 2.48. The van der Waals surface area contributed by atoms with Crippen LogP contribution in [0, 0.1) is 0 Å². The molecule has 0 saturated carbocycles. The van der Waals surface area contributed by atoms with Crippen molar-refractivity contribution in [3.05, 3.63) is 71.3 Å². The van der Waals surface area contributed by atoms with Gasteiger partial charge >= 0.3 is 0 Å². The standard InChI is InChI=1S/C17H21NO/c1-2-12-18-13-15-10-6-7-11-16(15)17(19)14-8-4-3-5-9-14/h3-11,17-19H,2,12-13H2,1H3. The Bertz CT molecular complexity index is 496. The van der Waals surface area contributed by atoms with Crippen molar-refractivity contribution in [3.8, 4) is 0 Å². The van der Waals surface area contributed by atoms with Crippen molar-refractivity contribution >= 4 is 0 Å². The van der Waals surface area contributed by atoms with E-state index in [9.17, 15) is 5.11 Å². The van der Waals surface area contributed by atoms with Crippen molar-refractivity contribution in [2.75, 3.05) is 6.54 Å². The van der Waals surface area contributed by atoms with Crippen LogP contribution in [0.1, 0.15) is 36.1 Å². The van der Waals surface area contributed by atoms with Gasteiger partial charge in [-0.25, -0.2) is 0 Å². The van der Waals surface area contributed by atoms with Gasteiger partial charge in [-0.3, -0.25) is 0 Å². The molecule has 0 aliphatic rings. The first-order valence-electron chi connectivity index (χ1n) is 6.84. The van der Waals surface area contributed by atoms with Gasteiger partial charge in [-0.05, 0) is 29.7 Å². The quantitative estimate of drug-likeness (QED) is 0.776. The number of aliphatic hydroxyl groups is 1. The fourth-order valence-corrected chi connectivity index (χ4v) is 2.18. The molecular formula is C17H21NO. The Labute approximate surface area is 115 Å². The number of hydrogen-bond donors (Lipinski definition) is 2. The van der Waals surface area contributed by atoms with Crippen LogP contribution in [0.4, 0.5) is 0 Å². The molecule has 1 atom stereocenters. The summed E-state index contributed by atoms with van der Waals surface area (Å²) in [5.41, 5.74) is 3.08. The topological polar surface area (TPSA) is 32.3 Å². The molecule has 0 bridgehead atoms. The Kier molecular flexibility index (Phi) is 5.13. The van der Waals surface area contributed by atoms with Crippen LogP contribution in [0.3, 0.4) is 0 Å². The molecule has 0 heterocycles. The Hall–Kier alpha value is -1.64. The van der Waals surface area contributed by atoms with Crippen molar-refractivity contribution < 1.29 is 5.11 Å². The normalized spacial score (nSPS) is 12.3. The summed E-state index contributed by atoms with van der Waals surface area (Å²) in [6, 6.07) is 17.9. The molecule has 2 N–H and O–H groups in total. The third-order valence-electron chi connectivity index (χ3n) is 3.21. The van der Waals surface area contributed by atoms with E-state index in [0.29, 0.717) is 0 Å². The zero-order valence-electron chi connectivity index (χ0n) is 11.3. The zero-order valence-corrected chi connectivity index (χ0v) is 11.3. The maximum Gasteiger partial charge on any atom is 0.104 e. The largest absolute Gasteiger partial charge is 0.384 e. The van der Waals surface area contributed by atoms with Crippen LogP contribution in [0.5, 0.6) is 0 Å². The minimum Gasteiger partial charge on any atom is -0.384 e. The Morgan fingerprint density at radius 1 is 1.00 bits per heavy atom. The number of benzene rings is 2. The van der Waals surface area contributed by atoms with E-state index in [1.807, 2.05) is 48.5 Å². The van der Waals surface area contributed by atoms with E-state index in [-0.39, 0.29) is 0 Å². The molecule has 100 valence electrons. The summed E-state index contributed by atoms with van der Waals surface area (Å²) in [4.78, 5) is 0. The van der Waals surface area contributed by atoms with Gasteiger partial charge in [0.05, 0.1) is 0 Å². The Morgan fingerprint density at radius 2 is 1.68 bits per heavy atom. The maximum absolute atomic E-state index is 10.5. The van der Waals surface area contributed by atoms with Crippen molar-refractivity contribution in [1.29, 1.82) is 0 Å². The van der Waals surface area contributed by atoms with E-state index in [4.69, 9.17) is 0 Å². The summed E-state index contributed by atoms with van der Waals surface area (Å²) < 4.78 is 0. The maximum atomic E-state index is 10.5. The minimum atomic E-state index is -0.555. The molecule has 19 heavy (non-hydrogen) atoms. The monoisotopic (exact) mass is 255 g/mol. The first kappa shape index (κ1) is 13.8. The number of aliphatic hydroxyl groups excluding tert-OH is 1. The number of nitrogens with one attached hydrogen (secondary N) is 1. The highest BCUT2D eigenvalue weighted by atomic mass is 16.3. The summed E-state index contributed by atoms with van der Waals surface area (Å²) in [7, 11) is 0. The fraction of sp³-hybridized carbons (Fsp3) is 0.294. The summed E-state index contributed by atoms with van der Waals surface area (Å²) in [5.74, 6) is 0. The van der Waals surface area contributed by atoms with E-state index in [1.165, 1.54) is 0 Å². The molecule has 2 aromatic carbocycles. The summed E-state index contributed by atoms with van der Waals surface area (Å²) in [6.45, 7) is 3.95. The third-order valence-corrected chi connectivity index (χ3v) is 3.21. The molecule has 0 saturated heterocycles. The van der Waals surface area contributed by atoms with Gasteiger partial charge in [0.1, 0.15) is 6.10 Å². The van der Waals surface area contributed by atoms with Gasteiger partial charge < -0.3 is 10.4 Å². The third kappa shape index (κ3) is 3.66. The SMILES string of the molecule is CCCNCc1ccccc1C(O)c1ccccc1. The van der Waals surface area contributed by atoms with Crippen LogP contribution in [0.2, 0.25) is 0 Å². The summed E-state index contributed by atoms with van der Waals surface area (Å²) in [5, 5.41) is 13.9. The molecule has 0 aliphatic heterocycles. The zero-order chi connectivity index (χ0) is 13.5. The second-order valence-electron chi connectivity index (χ2n) is 4.69. The molecule has 2 rings (SSSR count). The lowest BCUT2D eigenvalue weighted by atomic mass is 9.97. The van der Waals surface area contributed by atoms with E-state index < -0.39 is 6.10 Å². The van der Waals surface area contributed by atoms with Gasteiger partial charge in [0, 0.05) is 6.54 Å². The second-order valence-corrected chi connectivity index (χ2v) is 4.69. The molecular weight excluding hydrogens is 234 g/mol. The van der Waals surface area contributed by atoms with Crippen LogP contribution in [-0.4, -0.2) is 11.7 Å². The molecule has 0 amide bonds. The predicted octanol–water partition coefficient (Wildman–Crippen LogP) is 3.27. The van der Waals surface area contributed by atoms with Crippen molar-refractivity contribution in [2.45, 2.75) is 26.0 Å². The van der Waals surface area contributed by atoms with Crippen LogP contribution in [-0.2, 0) is 6.54 Å². The van der Waals surface area contributed by atoms with Crippen molar-refractivity contribution in [1.82, 2.24) is 5.32 Å². The molecule has 1 unspecified atom stereocenters. The summed E-state index contributed by atoms with van der Waals surface area (Å²) in [6.07, 6.45) is 0.560. The smallest absolute Gasteiger partial charge is 0.104 e. The van der Waals surface area contributed by atoms with Crippen molar-refractivity contribution in [3.63, 3.8) is 0 Å². The first-order chi connectivity index (χ1) is 9.33. The molecule has 2 heteroatoms. The van der Waals surface area contributed by atoms with Crippen LogP contribution >= 0.6 is 0 Å². The molecule has 2 aromatic rings. The molecule has 0 aliphatic carbocycles. The lowest BCUT2D eigenvalue weighted by molar-refractivity contribution is 0.219. The van der Waals surface area contributed by atoms with Gasteiger partial charge in [0.2, 0.25) is 0 Å². The average molecular weight is 255 g/mol. The van der Waals surface area contributed by atoms with Crippen LogP contribution in [0.15, 0.2) is 54.6 Å². The fourth-order valence-electron chi connectivity index (χ4n) is 2.18. The molecule has 0 aromatic heterocycles. The van der Waals surface area contributed by atoms with Gasteiger partial charge in [0.15, 0.2) is 0 Å². The van der Waals surface area contributed by atoms with Gasteiger partial charge in [-0.15, -0.1) is 0 Å². The predicted molar refractivity (Wildman–Crippen MR) is 78.9 cm³/mol. The Morgan fingerprint density at radius 3 is 2.42 bits per heavy atom. The lowest BCUT2D eigenvalue weighted by Crippen LogP contribution is -2.16. The molecule has 0 fully saturated rings. The van der Waals surface area contributed by atoms with E-state index >= 15 is 0 Å².